The van der Waals surface area contributed by atoms with Crippen LogP contribution in [-0.4, -0.2) is 5.91 Å². The van der Waals surface area contributed by atoms with Crippen molar-refractivity contribution in [3.63, 3.8) is 0 Å². The number of rotatable bonds is 5. The van der Waals surface area contributed by atoms with Crippen LogP contribution in [0, 0.1) is 20.8 Å². The zero-order valence-corrected chi connectivity index (χ0v) is 15.4. The van der Waals surface area contributed by atoms with Crippen molar-refractivity contribution in [2.24, 2.45) is 0 Å². The van der Waals surface area contributed by atoms with E-state index in [2.05, 4.69) is 12.2 Å². The number of hydrogen-bond acceptors (Lipinski definition) is 2. The SMILES string of the molecule is Cc1ccc(NC(=O)c2cccc(C)c2OCc2ccccc2)cc1C. The lowest BCUT2D eigenvalue weighted by Gasteiger charge is -2.15. The van der Waals surface area contributed by atoms with Crippen LogP contribution >= 0.6 is 0 Å². The lowest BCUT2D eigenvalue weighted by molar-refractivity contribution is 0.102. The number of hydrogen-bond donors (Lipinski definition) is 1. The molecule has 0 bridgehead atoms. The lowest BCUT2D eigenvalue weighted by Crippen LogP contribution is -2.14. The number of anilines is 1. The average Bonchev–Trinajstić information content (AvgIpc) is 2.64. The molecule has 3 aromatic carbocycles. The molecule has 0 aromatic heterocycles. The lowest BCUT2D eigenvalue weighted by atomic mass is 10.1. The topological polar surface area (TPSA) is 38.3 Å². The first-order valence-corrected chi connectivity index (χ1v) is 8.69. The predicted octanol–water partition coefficient (Wildman–Crippen LogP) is 5.44. The Morgan fingerprint density at radius 3 is 2.35 bits per heavy atom. The van der Waals surface area contributed by atoms with Gasteiger partial charge < -0.3 is 10.1 Å². The molecule has 1 N–H and O–H groups in total. The number of carbonyl (C=O) groups excluding carboxylic acids is 1. The fraction of sp³-hybridized carbons (Fsp3) is 0.174. The summed E-state index contributed by atoms with van der Waals surface area (Å²) in [5.41, 5.74) is 5.68. The largest absolute Gasteiger partial charge is 0.488 e. The van der Waals surface area contributed by atoms with Gasteiger partial charge in [0, 0.05) is 5.69 Å². The smallest absolute Gasteiger partial charge is 0.259 e. The van der Waals surface area contributed by atoms with Crippen LogP contribution in [0.2, 0.25) is 0 Å². The minimum absolute atomic E-state index is 0.167. The highest BCUT2D eigenvalue weighted by molar-refractivity contribution is 6.06. The van der Waals surface area contributed by atoms with E-state index in [0.717, 1.165) is 22.4 Å². The van der Waals surface area contributed by atoms with E-state index in [1.165, 1.54) is 5.56 Å². The number of benzene rings is 3. The maximum atomic E-state index is 12.8. The molecule has 0 atom stereocenters. The number of ether oxygens (including phenoxy) is 1. The molecule has 0 spiro atoms. The molecule has 132 valence electrons. The highest BCUT2D eigenvalue weighted by Crippen LogP contribution is 2.26. The maximum absolute atomic E-state index is 12.8. The Morgan fingerprint density at radius 1 is 0.846 bits per heavy atom. The van der Waals surface area contributed by atoms with Gasteiger partial charge in [-0.1, -0.05) is 48.5 Å². The van der Waals surface area contributed by atoms with Crippen LogP contribution in [0.5, 0.6) is 5.75 Å². The first-order chi connectivity index (χ1) is 12.5. The molecule has 0 unspecified atom stereocenters. The van der Waals surface area contributed by atoms with Gasteiger partial charge in [0.25, 0.3) is 5.91 Å². The van der Waals surface area contributed by atoms with Crippen molar-refractivity contribution >= 4 is 11.6 Å². The van der Waals surface area contributed by atoms with Crippen LogP contribution in [0.1, 0.15) is 32.6 Å². The molecule has 0 heterocycles. The molecule has 3 aromatic rings. The van der Waals surface area contributed by atoms with Crippen molar-refractivity contribution in [1.29, 1.82) is 0 Å². The van der Waals surface area contributed by atoms with Gasteiger partial charge in [-0.2, -0.15) is 0 Å². The third kappa shape index (κ3) is 4.12. The number of para-hydroxylation sites is 1. The van der Waals surface area contributed by atoms with Gasteiger partial charge in [-0.05, 0) is 61.2 Å². The van der Waals surface area contributed by atoms with Gasteiger partial charge in [0.05, 0.1) is 5.56 Å². The van der Waals surface area contributed by atoms with E-state index in [1.807, 2.05) is 74.5 Å². The maximum Gasteiger partial charge on any atom is 0.259 e. The van der Waals surface area contributed by atoms with E-state index >= 15 is 0 Å². The number of amides is 1. The molecular formula is C23H23NO2. The summed E-state index contributed by atoms with van der Waals surface area (Å²) in [6, 6.07) is 21.5. The van der Waals surface area contributed by atoms with Crippen LogP contribution < -0.4 is 10.1 Å². The third-order valence-corrected chi connectivity index (χ3v) is 4.45. The summed E-state index contributed by atoms with van der Waals surface area (Å²) in [5.74, 6) is 0.456. The van der Waals surface area contributed by atoms with Gasteiger partial charge in [0.2, 0.25) is 0 Å². The second kappa shape index (κ2) is 7.87. The quantitative estimate of drug-likeness (QED) is 0.668. The predicted molar refractivity (Wildman–Crippen MR) is 106 cm³/mol. The Labute approximate surface area is 154 Å². The summed E-state index contributed by atoms with van der Waals surface area (Å²) in [7, 11) is 0. The molecule has 0 fully saturated rings. The number of nitrogens with one attached hydrogen (secondary N) is 1. The monoisotopic (exact) mass is 345 g/mol. The molecule has 0 aliphatic carbocycles. The van der Waals surface area contributed by atoms with Crippen LogP contribution in [0.25, 0.3) is 0 Å². The third-order valence-electron chi connectivity index (χ3n) is 4.45. The molecular weight excluding hydrogens is 322 g/mol. The van der Waals surface area contributed by atoms with Gasteiger partial charge in [-0.25, -0.2) is 0 Å². The molecule has 1 amide bonds. The molecule has 3 heteroatoms. The fourth-order valence-electron chi connectivity index (χ4n) is 2.77. The molecule has 0 saturated heterocycles. The van der Waals surface area contributed by atoms with Crippen molar-refractivity contribution in [1.82, 2.24) is 0 Å². The van der Waals surface area contributed by atoms with Crippen molar-refractivity contribution in [3.8, 4) is 5.75 Å². The first kappa shape index (κ1) is 17.7. The zero-order chi connectivity index (χ0) is 18.5. The van der Waals surface area contributed by atoms with Gasteiger partial charge in [0.1, 0.15) is 12.4 Å². The number of aryl methyl sites for hydroxylation is 3. The summed E-state index contributed by atoms with van der Waals surface area (Å²) in [4.78, 5) is 12.8. The summed E-state index contributed by atoms with van der Waals surface area (Å²) in [5, 5.41) is 2.97. The second-order valence-corrected chi connectivity index (χ2v) is 6.48. The molecule has 0 aliphatic heterocycles. The highest BCUT2D eigenvalue weighted by atomic mass is 16.5. The van der Waals surface area contributed by atoms with E-state index in [9.17, 15) is 4.79 Å². The Bertz CT molecular complexity index is 917. The standard InChI is InChI=1S/C23H23NO2/c1-16-12-13-20(14-18(16)3)24-23(25)21-11-7-8-17(2)22(21)26-15-19-9-5-4-6-10-19/h4-14H,15H2,1-3H3,(H,24,25). The van der Waals surface area contributed by atoms with Crippen molar-refractivity contribution in [2.45, 2.75) is 27.4 Å². The Hall–Kier alpha value is -3.07. The van der Waals surface area contributed by atoms with Gasteiger partial charge >= 0.3 is 0 Å². The fourth-order valence-corrected chi connectivity index (χ4v) is 2.77. The van der Waals surface area contributed by atoms with Crippen LogP contribution in [0.3, 0.4) is 0 Å². The van der Waals surface area contributed by atoms with Gasteiger partial charge in [0.15, 0.2) is 0 Å². The molecule has 26 heavy (non-hydrogen) atoms. The first-order valence-electron chi connectivity index (χ1n) is 8.69. The average molecular weight is 345 g/mol. The summed E-state index contributed by atoms with van der Waals surface area (Å²) in [6.45, 7) is 6.46. The Balaban J connectivity index is 1.81. The minimum atomic E-state index is -0.167. The molecule has 0 saturated carbocycles. The van der Waals surface area contributed by atoms with E-state index < -0.39 is 0 Å². The minimum Gasteiger partial charge on any atom is -0.488 e. The van der Waals surface area contributed by atoms with Crippen molar-refractivity contribution < 1.29 is 9.53 Å². The normalized spacial score (nSPS) is 10.4. The zero-order valence-electron chi connectivity index (χ0n) is 15.4. The number of carbonyl (C=O) groups is 1. The van der Waals surface area contributed by atoms with Crippen molar-refractivity contribution in [3.05, 3.63) is 94.5 Å². The molecule has 3 nitrogen and oxygen atoms in total. The molecule has 0 aliphatic rings. The molecule has 0 radical (unpaired) electrons. The van der Waals surface area contributed by atoms with E-state index in [0.29, 0.717) is 17.9 Å². The van der Waals surface area contributed by atoms with Gasteiger partial charge in [-0.3, -0.25) is 4.79 Å². The molecule has 3 rings (SSSR count). The Kier molecular flexibility index (Phi) is 5.37. The second-order valence-electron chi connectivity index (χ2n) is 6.48. The van der Waals surface area contributed by atoms with Crippen LogP contribution in [0.4, 0.5) is 5.69 Å². The van der Waals surface area contributed by atoms with E-state index in [1.54, 1.807) is 6.07 Å². The van der Waals surface area contributed by atoms with Crippen LogP contribution in [-0.2, 0) is 6.61 Å². The Morgan fingerprint density at radius 2 is 1.62 bits per heavy atom. The van der Waals surface area contributed by atoms with E-state index in [4.69, 9.17) is 4.74 Å². The van der Waals surface area contributed by atoms with Crippen LogP contribution in [0.15, 0.2) is 66.7 Å². The summed E-state index contributed by atoms with van der Waals surface area (Å²) in [6.07, 6.45) is 0. The highest BCUT2D eigenvalue weighted by Gasteiger charge is 2.15. The van der Waals surface area contributed by atoms with Gasteiger partial charge in [-0.15, -0.1) is 0 Å². The van der Waals surface area contributed by atoms with Crippen molar-refractivity contribution in [2.75, 3.05) is 5.32 Å². The summed E-state index contributed by atoms with van der Waals surface area (Å²) < 4.78 is 5.99. The van der Waals surface area contributed by atoms with E-state index in [-0.39, 0.29) is 5.91 Å². The summed E-state index contributed by atoms with van der Waals surface area (Å²) >= 11 is 0.